The Balaban J connectivity index is 1.48. The highest BCUT2D eigenvalue weighted by molar-refractivity contribution is 5.56. The van der Waals surface area contributed by atoms with Gasteiger partial charge in [0.1, 0.15) is 23.1 Å². The first-order valence-corrected chi connectivity index (χ1v) is 13.2. The van der Waals surface area contributed by atoms with Crippen molar-refractivity contribution in [1.82, 2.24) is 14.5 Å². The molecule has 0 amide bonds. The molecule has 7 nitrogen and oxygen atoms in total. The molecule has 2 heterocycles. The largest absolute Gasteiger partial charge is 0.497 e. The molecule has 1 aromatic heterocycles. The molecule has 0 saturated carbocycles. The van der Waals surface area contributed by atoms with E-state index in [0.717, 1.165) is 70.6 Å². The van der Waals surface area contributed by atoms with Gasteiger partial charge in [0.15, 0.2) is 11.5 Å². The summed E-state index contributed by atoms with van der Waals surface area (Å²) in [5.41, 5.74) is 3.99. The second-order valence-corrected chi connectivity index (χ2v) is 9.60. The molecule has 0 bridgehead atoms. The van der Waals surface area contributed by atoms with Crippen LogP contribution >= 0.6 is 0 Å². The van der Waals surface area contributed by atoms with Crippen molar-refractivity contribution in [2.75, 3.05) is 21.0 Å². The van der Waals surface area contributed by atoms with E-state index in [-0.39, 0.29) is 12.6 Å². The van der Waals surface area contributed by atoms with Crippen molar-refractivity contribution in [2.24, 2.45) is 0 Å². The van der Waals surface area contributed by atoms with Gasteiger partial charge in [0, 0.05) is 43.4 Å². The number of halogens is 1. The molecule has 0 aliphatic carbocycles. The highest BCUT2D eigenvalue weighted by Crippen LogP contribution is 2.34. The predicted octanol–water partition coefficient (Wildman–Crippen LogP) is 6.44. The number of ether oxygens (including phenoxy) is 4. The van der Waals surface area contributed by atoms with E-state index in [4.69, 9.17) is 23.9 Å². The molecule has 39 heavy (non-hydrogen) atoms. The van der Waals surface area contributed by atoms with Gasteiger partial charge in [0.05, 0.1) is 26.1 Å². The molecule has 0 N–H and O–H groups in total. The Morgan fingerprint density at radius 3 is 2.62 bits per heavy atom. The maximum absolute atomic E-state index is 14.1. The maximum Gasteiger partial charge on any atom is 0.231 e. The first-order chi connectivity index (χ1) is 19.1. The molecule has 0 atom stereocenters. The Morgan fingerprint density at radius 2 is 1.82 bits per heavy atom. The summed E-state index contributed by atoms with van der Waals surface area (Å²) < 4.78 is 38.5. The summed E-state index contributed by atoms with van der Waals surface area (Å²) in [7, 11) is 3.32. The van der Waals surface area contributed by atoms with Crippen molar-refractivity contribution >= 4 is 0 Å². The molecule has 0 unspecified atom stereocenters. The van der Waals surface area contributed by atoms with Gasteiger partial charge in [-0.25, -0.2) is 9.37 Å². The standard InChI is InChI=1S/C31H34FN3O4/c1-4-5-13-35-26(17-33-31(35)23-7-6-8-25(32)15-23)20-34(18-22-9-12-28-30(14-22)39-21-38-28)19-24-10-11-27(36-2)16-29(24)37-3/h6-12,14-17H,4-5,13,18-21H2,1-3H3. The molecule has 0 radical (unpaired) electrons. The van der Waals surface area contributed by atoms with Gasteiger partial charge in [-0.2, -0.15) is 0 Å². The summed E-state index contributed by atoms with van der Waals surface area (Å²) in [4.78, 5) is 7.09. The number of hydrogen-bond donors (Lipinski definition) is 0. The number of imidazole rings is 1. The smallest absolute Gasteiger partial charge is 0.231 e. The van der Waals surface area contributed by atoms with E-state index >= 15 is 0 Å². The molecule has 3 aromatic carbocycles. The number of aromatic nitrogens is 2. The van der Waals surface area contributed by atoms with Gasteiger partial charge in [0.2, 0.25) is 6.79 Å². The molecule has 1 aliphatic rings. The third-order valence-electron chi connectivity index (χ3n) is 6.87. The zero-order valence-electron chi connectivity index (χ0n) is 22.7. The van der Waals surface area contributed by atoms with Gasteiger partial charge in [-0.15, -0.1) is 0 Å². The van der Waals surface area contributed by atoms with Crippen LogP contribution in [0.4, 0.5) is 4.39 Å². The average molecular weight is 532 g/mol. The quantitative estimate of drug-likeness (QED) is 0.210. The number of hydrogen-bond acceptors (Lipinski definition) is 6. The lowest BCUT2D eigenvalue weighted by atomic mass is 10.1. The Bertz CT molecular complexity index is 1420. The van der Waals surface area contributed by atoms with Crippen LogP contribution in [0.2, 0.25) is 0 Å². The third-order valence-corrected chi connectivity index (χ3v) is 6.87. The molecule has 0 saturated heterocycles. The number of methoxy groups -OCH3 is 2. The first-order valence-electron chi connectivity index (χ1n) is 13.2. The average Bonchev–Trinajstić information content (AvgIpc) is 3.58. The molecule has 8 heteroatoms. The number of nitrogens with zero attached hydrogens (tertiary/aromatic N) is 3. The Hall–Kier alpha value is -4.04. The normalized spacial score (nSPS) is 12.2. The van der Waals surface area contributed by atoms with E-state index < -0.39 is 0 Å². The summed E-state index contributed by atoms with van der Waals surface area (Å²) in [6.45, 7) is 5.15. The monoisotopic (exact) mass is 531 g/mol. The Labute approximate surface area is 228 Å². The molecule has 204 valence electrons. The Kier molecular flexibility index (Phi) is 8.32. The van der Waals surface area contributed by atoms with Gasteiger partial charge < -0.3 is 23.5 Å². The highest BCUT2D eigenvalue weighted by atomic mass is 19.1. The van der Waals surface area contributed by atoms with Crippen LogP contribution in [0.25, 0.3) is 11.4 Å². The van der Waals surface area contributed by atoms with E-state index in [1.54, 1.807) is 26.4 Å². The highest BCUT2D eigenvalue weighted by Gasteiger charge is 2.19. The van der Waals surface area contributed by atoms with Crippen LogP contribution in [0.5, 0.6) is 23.0 Å². The lowest BCUT2D eigenvalue weighted by Crippen LogP contribution is -2.24. The van der Waals surface area contributed by atoms with E-state index in [9.17, 15) is 4.39 Å². The molecule has 0 fully saturated rings. The van der Waals surface area contributed by atoms with E-state index in [1.807, 2.05) is 42.6 Å². The van der Waals surface area contributed by atoms with Crippen LogP contribution < -0.4 is 18.9 Å². The SMILES string of the molecule is CCCCn1c(CN(Cc2ccc3c(c2)OCO3)Cc2ccc(OC)cc2OC)cnc1-c1cccc(F)c1. The van der Waals surface area contributed by atoms with Crippen LogP contribution in [0.3, 0.4) is 0 Å². The second-order valence-electron chi connectivity index (χ2n) is 9.60. The lowest BCUT2D eigenvalue weighted by molar-refractivity contribution is 0.174. The fraction of sp³-hybridized carbons (Fsp3) is 0.323. The van der Waals surface area contributed by atoms with Gasteiger partial charge >= 0.3 is 0 Å². The molecule has 4 aromatic rings. The summed E-state index contributed by atoms with van der Waals surface area (Å²) in [6, 6.07) is 18.6. The molecular weight excluding hydrogens is 497 g/mol. The van der Waals surface area contributed by atoms with Crippen molar-refractivity contribution < 1.29 is 23.3 Å². The van der Waals surface area contributed by atoms with Crippen LogP contribution in [-0.4, -0.2) is 35.5 Å². The molecular formula is C31H34FN3O4. The second kappa shape index (κ2) is 12.2. The van der Waals surface area contributed by atoms with Gasteiger partial charge in [-0.3, -0.25) is 4.90 Å². The van der Waals surface area contributed by atoms with Crippen molar-refractivity contribution in [1.29, 1.82) is 0 Å². The minimum atomic E-state index is -0.268. The zero-order valence-corrected chi connectivity index (χ0v) is 22.7. The van der Waals surface area contributed by atoms with E-state index in [1.165, 1.54) is 6.07 Å². The number of fused-ring (bicyclic) bond motifs is 1. The fourth-order valence-corrected chi connectivity index (χ4v) is 4.88. The van der Waals surface area contributed by atoms with Gasteiger partial charge in [0.25, 0.3) is 0 Å². The maximum atomic E-state index is 14.1. The minimum Gasteiger partial charge on any atom is -0.497 e. The van der Waals surface area contributed by atoms with E-state index in [0.29, 0.717) is 19.6 Å². The van der Waals surface area contributed by atoms with Crippen LogP contribution in [-0.2, 0) is 26.2 Å². The van der Waals surface area contributed by atoms with Crippen molar-refractivity contribution in [3.05, 3.63) is 89.5 Å². The molecule has 1 aliphatic heterocycles. The van der Waals surface area contributed by atoms with Crippen LogP contribution in [0, 0.1) is 5.82 Å². The first kappa shape index (κ1) is 26.6. The van der Waals surface area contributed by atoms with Crippen LogP contribution in [0.1, 0.15) is 36.6 Å². The van der Waals surface area contributed by atoms with Gasteiger partial charge in [-0.1, -0.05) is 37.6 Å². The van der Waals surface area contributed by atoms with Crippen molar-refractivity contribution in [3.8, 4) is 34.4 Å². The molecule has 0 spiro atoms. The Morgan fingerprint density at radius 1 is 0.949 bits per heavy atom. The minimum absolute atomic E-state index is 0.241. The summed E-state index contributed by atoms with van der Waals surface area (Å²) in [5.74, 6) is 3.55. The lowest BCUT2D eigenvalue weighted by Gasteiger charge is -2.25. The zero-order chi connectivity index (χ0) is 27.2. The van der Waals surface area contributed by atoms with Gasteiger partial charge in [-0.05, 0) is 42.3 Å². The number of unbranched alkanes of at least 4 members (excludes halogenated alkanes) is 1. The van der Waals surface area contributed by atoms with Crippen LogP contribution in [0.15, 0.2) is 66.9 Å². The number of benzene rings is 3. The summed E-state index contributed by atoms with van der Waals surface area (Å²) >= 11 is 0. The van der Waals surface area contributed by atoms with Crippen molar-refractivity contribution in [2.45, 2.75) is 45.9 Å². The summed E-state index contributed by atoms with van der Waals surface area (Å²) in [6.07, 6.45) is 3.96. The van der Waals surface area contributed by atoms with Crippen molar-refractivity contribution in [3.63, 3.8) is 0 Å². The predicted molar refractivity (Wildman–Crippen MR) is 148 cm³/mol. The number of rotatable bonds is 12. The topological polar surface area (TPSA) is 58.0 Å². The molecule has 5 rings (SSSR count). The van der Waals surface area contributed by atoms with E-state index in [2.05, 4.69) is 22.5 Å². The third kappa shape index (κ3) is 6.17. The summed E-state index contributed by atoms with van der Waals surface area (Å²) in [5, 5.41) is 0. The fourth-order valence-electron chi connectivity index (χ4n) is 4.88.